The maximum absolute atomic E-state index is 10.2. The molecule has 0 aromatic heterocycles. The second kappa shape index (κ2) is 11.4. The molecule has 0 amide bonds. The van der Waals surface area contributed by atoms with Crippen LogP contribution in [0.2, 0.25) is 0 Å². The van der Waals surface area contributed by atoms with Gasteiger partial charge >= 0.3 is 5.97 Å². The van der Waals surface area contributed by atoms with Gasteiger partial charge in [0.1, 0.15) is 0 Å². The first-order chi connectivity index (χ1) is 7.27. The smallest absolute Gasteiger partial charge is 0.303 e. The van der Waals surface area contributed by atoms with Crippen molar-refractivity contribution in [3.05, 3.63) is 0 Å². The minimum atomic E-state index is -0.722. The van der Waals surface area contributed by atoms with Crippen molar-refractivity contribution in [3.8, 4) is 0 Å². The fourth-order valence-electron chi connectivity index (χ4n) is 1.14. The van der Waals surface area contributed by atoms with Gasteiger partial charge in [0.2, 0.25) is 0 Å². The molecule has 0 aromatic rings. The molecule has 0 unspecified atom stereocenters. The Kier molecular flexibility index (Phi) is 10.9. The maximum atomic E-state index is 10.2. The second-order valence-corrected chi connectivity index (χ2v) is 3.29. The number of carbonyl (C=O) groups is 1. The highest BCUT2D eigenvalue weighted by Crippen LogP contribution is 1.98. The number of nitrogens with one attached hydrogen (secondary N) is 1. The van der Waals surface area contributed by atoms with Crippen LogP contribution in [0.15, 0.2) is 0 Å². The maximum Gasteiger partial charge on any atom is 0.303 e. The van der Waals surface area contributed by atoms with Crippen molar-refractivity contribution in [2.45, 2.75) is 25.7 Å². The van der Waals surface area contributed by atoms with Gasteiger partial charge in [-0.25, -0.2) is 0 Å². The van der Waals surface area contributed by atoms with E-state index in [9.17, 15) is 4.79 Å². The van der Waals surface area contributed by atoms with Crippen LogP contribution in [0, 0.1) is 0 Å². The number of carboxylic acids is 1. The lowest BCUT2D eigenvalue weighted by Crippen LogP contribution is -2.21. The Morgan fingerprint density at radius 1 is 1.13 bits per heavy atom. The molecule has 0 aromatic carbocycles. The number of carboxylic acid groups (broad SMARTS) is 1. The third kappa shape index (κ3) is 13.3. The SMILES string of the molecule is O=C(O)CCCCCNCCOCCO. The zero-order valence-corrected chi connectivity index (χ0v) is 9.07. The number of ether oxygens (including phenoxy) is 1. The minimum absolute atomic E-state index is 0.0647. The normalized spacial score (nSPS) is 10.5. The summed E-state index contributed by atoms with van der Waals surface area (Å²) in [5, 5.41) is 20.0. The quantitative estimate of drug-likeness (QED) is 0.433. The molecule has 0 aliphatic rings. The van der Waals surface area contributed by atoms with E-state index in [2.05, 4.69) is 5.32 Å². The first kappa shape index (κ1) is 14.3. The van der Waals surface area contributed by atoms with Crippen molar-refractivity contribution in [1.29, 1.82) is 0 Å². The first-order valence-corrected chi connectivity index (χ1v) is 5.38. The summed E-state index contributed by atoms with van der Waals surface area (Å²) in [7, 11) is 0. The summed E-state index contributed by atoms with van der Waals surface area (Å²) in [5.41, 5.74) is 0. The van der Waals surface area contributed by atoms with E-state index in [0.717, 1.165) is 32.4 Å². The van der Waals surface area contributed by atoms with Crippen molar-refractivity contribution in [3.63, 3.8) is 0 Å². The Hall–Kier alpha value is -0.650. The summed E-state index contributed by atoms with van der Waals surface area (Å²) in [6.45, 7) is 2.73. The van der Waals surface area contributed by atoms with E-state index >= 15 is 0 Å². The lowest BCUT2D eigenvalue weighted by Gasteiger charge is -2.04. The Morgan fingerprint density at radius 2 is 1.93 bits per heavy atom. The molecule has 5 heteroatoms. The topological polar surface area (TPSA) is 78.8 Å². The van der Waals surface area contributed by atoms with E-state index in [1.165, 1.54) is 0 Å². The molecule has 0 saturated heterocycles. The molecule has 0 rings (SSSR count). The average Bonchev–Trinajstić information content (AvgIpc) is 2.20. The van der Waals surface area contributed by atoms with E-state index < -0.39 is 5.97 Å². The van der Waals surface area contributed by atoms with Crippen LogP contribution >= 0.6 is 0 Å². The fraction of sp³-hybridized carbons (Fsp3) is 0.900. The number of rotatable bonds is 11. The Bertz CT molecular complexity index is 152. The Balaban J connectivity index is 2.89. The van der Waals surface area contributed by atoms with E-state index in [4.69, 9.17) is 14.9 Å². The zero-order valence-electron chi connectivity index (χ0n) is 9.07. The van der Waals surface area contributed by atoms with E-state index in [1.807, 2.05) is 0 Å². The molecule has 0 atom stereocenters. The molecule has 0 bridgehead atoms. The second-order valence-electron chi connectivity index (χ2n) is 3.29. The van der Waals surface area contributed by atoms with Gasteiger partial charge < -0.3 is 20.3 Å². The standard InChI is InChI=1S/C10H21NO4/c12-7-9-15-8-6-11-5-3-1-2-4-10(13)14/h11-12H,1-9H2,(H,13,14). The summed E-state index contributed by atoms with van der Waals surface area (Å²) in [4.78, 5) is 10.2. The largest absolute Gasteiger partial charge is 0.481 e. The number of aliphatic hydroxyl groups excluding tert-OH is 1. The number of unbranched alkanes of at least 4 members (excludes halogenated alkanes) is 2. The van der Waals surface area contributed by atoms with E-state index in [1.54, 1.807) is 0 Å². The van der Waals surface area contributed by atoms with Crippen molar-refractivity contribution in [2.75, 3.05) is 32.9 Å². The molecule has 90 valence electrons. The monoisotopic (exact) mass is 219 g/mol. The van der Waals surface area contributed by atoms with Crippen molar-refractivity contribution < 1.29 is 19.7 Å². The molecule has 3 N–H and O–H groups in total. The van der Waals surface area contributed by atoms with Crippen LogP contribution in [0.25, 0.3) is 0 Å². The average molecular weight is 219 g/mol. The van der Waals surface area contributed by atoms with Gasteiger partial charge in [-0.15, -0.1) is 0 Å². The molecule has 0 saturated carbocycles. The Morgan fingerprint density at radius 3 is 2.60 bits per heavy atom. The Labute approximate surface area is 90.4 Å². The number of hydrogen-bond acceptors (Lipinski definition) is 4. The van der Waals surface area contributed by atoms with Gasteiger partial charge in [0.25, 0.3) is 0 Å². The zero-order chi connectivity index (χ0) is 11.4. The lowest BCUT2D eigenvalue weighted by atomic mass is 10.2. The number of hydrogen-bond donors (Lipinski definition) is 3. The number of aliphatic hydroxyl groups is 1. The van der Waals surface area contributed by atoms with E-state index in [0.29, 0.717) is 13.2 Å². The summed E-state index contributed by atoms with van der Waals surface area (Å²) in [5.74, 6) is -0.722. The molecule has 0 spiro atoms. The minimum Gasteiger partial charge on any atom is -0.481 e. The van der Waals surface area contributed by atoms with Gasteiger partial charge in [0.15, 0.2) is 0 Å². The van der Waals surface area contributed by atoms with Gasteiger partial charge in [0.05, 0.1) is 19.8 Å². The first-order valence-electron chi connectivity index (χ1n) is 5.38. The highest BCUT2D eigenvalue weighted by Gasteiger charge is 1.95. The van der Waals surface area contributed by atoms with Crippen LogP contribution in [0.4, 0.5) is 0 Å². The van der Waals surface area contributed by atoms with Crippen LogP contribution in [0.5, 0.6) is 0 Å². The van der Waals surface area contributed by atoms with Crippen molar-refractivity contribution >= 4 is 5.97 Å². The highest BCUT2D eigenvalue weighted by atomic mass is 16.5. The van der Waals surface area contributed by atoms with Crippen molar-refractivity contribution in [1.82, 2.24) is 5.32 Å². The molecular weight excluding hydrogens is 198 g/mol. The predicted octanol–water partition coefficient (Wildman–Crippen LogP) is 0.230. The molecule has 5 nitrogen and oxygen atoms in total. The van der Waals surface area contributed by atoms with Crippen LogP contribution < -0.4 is 5.32 Å². The third-order valence-electron chi connectivity index (χ3n) is 1.90. The van der Waals surface area contributed by atoms with Crippen LogP contribution in [0.3, 0.4) is 0 Å². The van der Waals surface area contributed by atoms with Gasteiger partial charge in [-0.05, 0) is 19.4 Å². The summed E-state index contributed by atoms with van der Waals surface area (Å²) in [6, 6.07) is 0. The van der Waals surface area contributed by atoms with Gasteiger partial charge in [-0.1, -0.05) is 6.42 Å². The highest BCUT2D eigenvalue weighted by molar-refractivity contribution is 5.66. The number of aliphatic carboxylic acids is 1. The van der Waals surface area contributed by atoms with Gasteiger partial charge in [0, 0.05) is 13.0 Å². The fourth-order valence-corrected chi connectivity index (χ4v) is 1.14. The molecule has 0 radical (unpaired) electrons. The van der Waals surface area contributed by atoms with Crippen LogP contribution in [0.1, 0.15) is 25.7 Å². The molecule has 0 aliphatic carbocycles. The summed E-state index contributed by atoms with van der Waals surface area (Å²) in [6.07, 6.45) is 2.95. The van der Waals surface area contributed by atoms with Gasteiger partial charge in [-0.3, -0.25) is 4.79 Å². The molecule has 0 heterocycles. The van der Waals surface area contributed by atoms with E-state index in [-0.39, 0.29) is 13.0 Å². The molecule has 0 aliphatic heterocycles. The predicted molar refractivity (Wildman–Crippen MR) is 56.9 cm³/mol. The van der Waals surface area contributed by atoms with Crippen LogP contribution in [-0.2, 0) is 9.53 Å². The summed E-state index contributed by atoms with van der Waals surface area (Å²) >= 11 is 0. The lowest BCUT2D eigenvalue weighted by molar-refractivity contribution is -0.137. The molecular formula is C10H21NO4. The molecule has 0 fully saturated rings. The van der Waals surface area contributed by atoms with Crippen molar-refractivity contribution in [2.24, 2.45) is 0 Å². The van der Waals surface area contributed by atoms with Gasteiger partial charge in [-0.2, -0.15) is 0 Å². The molecule has 15 heavy (non-hydrogen) atoms. The third-order valence-corrected chi connectivity index (χ3v) is 1.90. The summed E-state index contributed by atoms with van der Waals surface area (Å²) < 4.78 is 5.05. The van der Waals surface area contributed by atoms with Crippen LogP contribution in [-0.4, -0.2) is 49.1 Å².